The van der Waals surface area contributed by atoms with Crippen molar-refractivity contribution in [3.63, 3.8) is 0 Å². The van der Waals surface area contributed by atoms with Gasteiger partial charge in [-0.05, 0) is 41.5 Å². The summed E-state index contributed by atoms with van der Waals surface area (Å²) in [5.74, 6) is -0.462. The Bertz CT molecular complexity index is 1120. The Hall–Kier alpha value is -3.29. The Kier molecular flexibility index (Phi) is 4.69. The Balaban J connectivity index is 1.58. The minimum atomic E-state index is -0.462. The fourth-order valence-electron chi connectivity index (χ4n) is 4.18. The van der Waals surface area contributed by atoms with E-state index in [1.54, 1.807) is 18.3 Å². The number of carbonyl (C=O) groups excluding carboxylic acids is 1. The topological polar surface area (TPSA) is 102 Å². The number of aromatic nitrogens is 2. The number of anilines is 1. The Labute approximate surface area is 174 Å². The van der Waals surface area contributed by atoms with Gasteiger partial charge >= 0.3 is 0 Å². The van der Waals surface area contributed by atoms with Gasteiger partial charge in [-0.3, -0.25) is 9.78 Å². The van der Waals surface area contributed by atoms with Gasteiger partial charge in [-0.2, -0.15) is 0 Å². The highest BCUT2D eigenvalue weighted by atomic mass is 16.5. The lowest BCUT2D eigenvalue weighted by molar-refractivity contribution is 0.0999. The monoisotopic (exact) mass is 402 g/mol. The van der Waals surface area contributed by atoms with Crippen LogP contribution in [0.2, 0.25) is 0 Å². The molecule has 1 saturated heterocycles. The van der Waals surface area contributed by atoms with Crippen LogP contribution in [0.3, 0.4) is 0 Å². The van der Waals surface area contributed by atoms with Crippen LogP contribution in [-0.4, -0.2) is 47.3 Å². The van der Waals surface area contributed by atoms with Crippen LogP contribution in [0.25, 0.3) is 22.5 Å². The molecule has 5 rings (SSSR count). The number of amides is 1. The van der Waals surface area contributed by atoms with Crippen LogP contribution in [0.15, 0.2) is 42.6 Å². The van der Waals surface area contributed by atoms with E-state index < -0.39 is 5.91 Å². The van der Waals surface area contributed by atoms with Gasteiger partial charge in [0.15, 0.2) is 0 Å². The minimum Gasteiger partial charge on any atom is -0.390 e. The van der Waals surface area contributed by atoms with E-state index in [1.807, 2.05) is 6.07 Å². The van der Waals surface area contributed by atoms with Crippen LogP contribution in [0.1, 0.15) is 27.2 Å². The fourth-order valence-corrected chi connectivity index (χ4v) is 4.18. The molecule has 1 amide bonds. The summed E-state index contributed by atoms with van der Waals surface area (Å²) in [6.07, 6.45) is 2.29. The molecular weight excluding hydrogens is 380 g/mol. The lowest BCUT2D eigenvalue weighted by Crippen LogP contribution is -2.36. The van der Waals surface area contributed by atoms with Gasteiger partial charge in [0.1, 0.15) is 0 Å². The zero-order valence-electron chi connectivity index (χ0n) is 16.5. The first-order chi connectivity index (χ1) is 14.6. The SMILES string of the molecule is NC(=O)c1cc(-c2ccc(CO)nc2)nc2c1Cc1cc(N3CCOCC3)ccc1-2. The van der Waals surface area contributed by atoms with Gasteiger partial charge in [0.05, 0.1) is 36.9 Å². The van der Waals surface area contributed by atoms with Crippen molar-refractivity contribution in [3.8, 4) is 22.5 Å². The smallest absolute Gasteiger partial charge is 0.249 e. The zero-order chi connectivity index (χ0) is 20.7. The molecule has 1 fully saturated rings. The van der Waals surface area contributed by atoms with Crippen molar-refractivity contribution < 1.29 is 14.6 Å². The first-order valence-corrected chi connectivity index (χ1v) is 10.00. The Morgan fingerprint density at radius 2 is 2.00 bits per heavy atom. The number of hydrogen-bond acceptors (Lipinski definition) is 6. The van der Waals surface area contributed by atoms with Gasteiger partial charge in [-0.25, -0.2) is 4.98 Å². The molecule has 0 unspecified atom stereocenters. The van der Waals surface area contributed by atoms with Crippen LogP contribution in [-0.2, 0) is 17.8 Å². The third-order valence-electron chi connectivity index (χ3n) is 5.76. The molecule has 3 aromatic rings. The number of primary amides is 1. The van der Waals surface area contributed by atoms with E-state index in [9.17, 15) is 9.90 Å². The average molecular weight is 402 g/mol. The van der Waals surface area contributed by atoms with Crippen LogP contribution in [0, 0.1) is 0 Å². The number of pyridine rings is 2. The summed E-state index contributed by atoms with van der Waals surface area (Å²) in [4.78, 5) is 23.6. The number of morpholine rings is 1. The number of nitrogens with zero attached hydrogens (tertiary/aromatic N) is 3. The largest absolute Gasteiger partial charge is 0.390 e. The number of hydrogen-bond donors (Lipinski definition) is 2. The lowest BCUT2D eigenvalue weighted by atomic mass is 10.0. The summed E-state index contributed by atoms with van der Waals surface area (Å²) in [6, 6.07) is 11.7. The van der Waals surface area contributed by atoms with Crippen LogP contribution in [0.4, 0.5) is 5.69 Å². The predicted molar refractivity (Wildman–Crippen MR) is 113 cm³/mol. The van der Waals surface area contributed by atoms with E-state index in [1.165, 1.54) is 0 Å². The molecule has 2 aliphatic rings. The van der Waals surface area contributed by atoms with E-state index in [4.69, 9.17) is 15.5 Å². The van der Waals surface area contributed by atoms with Gasteiger partial charge in [-0.15, -0.1) is 0 Å². The van der Waals surface area contributed by atoms with Crippen molar-refractivity contribution in [2.75, 3.05) is 31.2 Å². The van der Waals surface area contributed by atoms with Gasteiger partial charge in [0.2, 0.25) is 5.91 Å². The van der Waals surface area contributed by atoms with E-state index in [0.717, 1.165) is 59.9 Å². The number of nitrogens with two attached hydrogens (primary N) is 1. The van der Waals surface area contributed by atoms with Crippen molar-refractivity contribution in [2.45, 2.75) is 13.0 Å². The second-order valence-electron chi connectivity index (χ2n) is 7.56. The number of carbonyl (C=O) groups is 1. The highest BCUT2D eigenvalue weighted by Gasteiger charge is 2.27. The van der Waals surface area contributed by atoms with E-state index >= 15 is 0 Å². The Morgan fingerprint density at radius 1 is 1.17 bits per heavy atom. The predicted octanol–water partition coefficient (Wildman–Crippen LogP) is 2.14. The molecular formula is C23H22N4O3. The summed E-state index contributed by atoms with van der Waals surface area (Å²) in [7, 11) is 0. The van der Waals surface area contributed by atoms with E-state index in [-0.39, 0.29) is 6.61 Å². The number of benzene rings is 1. The highest BCUT2D eigenvalue weighted by molar-refractivity contribution is 5.98. The molecule has 2 aromatic heterocycles. The van der Waals surface area contributed by atoms with E-state index in [0.29, 0.717) is 23.4 Å². The van der Waals surface area contributed by atoms with Crippen molar-refractivity contribution in [2.24, 2.45) is 5.73 Å². The summed E-state index contributed by atoms with van der Waals surface area (Å²) in [6.45, 7) is 3.09. The summed E-state index contributed by atoms with van der Waals surface area (Å²) in [5, 5.41) is 9.22. The number of ether oxygens (including phenoxy) is 1. The van der Waals surface area contributed by atoms with E-state index in [2.05, 4.69) is 28.1 Å². The fraction of sp³-hybridized carbons (Fsp3) is 0.261. The summed E-state index contributed by atoms with van der Waals surface area (Å²) >= 11 is 0. The number of aliphatic hydroxyl groups is 1. The summed E-state index contributed by atoms with van der Waals surface area (Å²) in [5.41, 5.74) is 13.2. The molecule has 0 spiro atoms. The molecule has 1 aliphatic carbocycles. The molecule has 3 heterocycles. The molecule has 0 bridgehead atoms. The van der Waals surface area contributed by atoms with Crippen molar-refractivity contribution in [1.82, 2.24) is 9.97 Å². The number of aliphatic hydroxyl groups excluding tert-OH is 1. The molecule has 1 aliphatic heterocycles. The average Bonchev–Trinajstić information content (AvgIpc) is 3.16. The first-order valence-electron chi connectivity index (χ1n) is 10.00. The van der Waals surface area contributed by atoms with Gasteiger partial charge in [-0.1, -0.05) is 6.07 Å². The first kappa shape index (κ1) is 18.7. The highest BCUT2D eigenvalue weighted by Crippen LogP contribution is 2.40. The van der Waals surface area contributed by atoms with Crippen LogP contribution in [0.5, 0.6) is 0 Å². The van der Waals surface area contributed by atoms with Crippen molar-refractivity contribution >= 4 is 11.6 Å². The molecule has 0 saturated carbocycles. The van der Waals surface area contributed by atoms with Gasteiger partial charge < -0.3 is 20.5 Å². The lowest BCUT2D eigenvalue weighted by Gasteiger charge is -2.29. The van der Waals surface area contributed by atoms with Crippen LogP contribution >= 0.6 is 0 Å². The Morgan fingerprint density at radius 3 is 2.70 bits per heavy atom. The number of fused-ring (bicyclic) bond motifs is 3. The molecule has 0 radical (unpaired) electrons. The second kappa shape index (κ2) is 7.51. The maximum absolute atomic E-state index is 12.2. The summed E-state index contributed by atoms with van der Waals surface area (Å²) < 4.78 is 5.45. The minimum absolute atomic E-state index is 0.122. The third-order valence-corrected chi connectivity index (χ3v) is 5.76. The molecule has 1 aromatic carbocycles. The van der Waals surface area contributed by atoms with Crippen molar-refractivity contribution in [3.05, 3.63) is 65.0 Å². The molecule has 0 atom stereocenters. The second-order valence-corrected chi connectivity index (χ2v) is 7.56. The zero-order valence-corrected chi connectivity index (χ0v) is 16.5. The molecule has 152 valence electrons. The van der Waals surface area contributed by atoms with Gasteiger partial charge in [0, 0.05) is 48.1 Å². The quantitative estimate of drug-likeness (QED) is 0.542. The molecule has 7 heteroatoms. The van der Waals surface area contributed by atoms with Gasteiger partial charge in [0.25, 0.3) is 0 Å². The maximum atomic E-state index is 12.2. The van der Waals surface area contributed by atoms with Crippen molar-refractivity contribution in [1.29, 1.82) is 0 Å². The normalized spacial score (nSPS) is 15.0. The molecule has 3 N–H and O–H groups in total. The maximum Gasteiger partial charge on any atom is 0.249 e. The molecule has 30 heavy (non-hydrogen) atoms. The standard InChI is InChI=1S/C23H22N4O3/c24-23(29)20-11-21(14-1-2-16(13-28)25-12-14)26-22-18-4-3-17(9-15(18)10-19(20)22)27-5-7-30-8-6-27/h1-4,9,11-12,28H,5-8,10,13H2,(H2,24,29). The van der Waals surface area contributed by atoms with Crippen LogP contribution < -0.4 is 10.6 Å². The molecule has 7 nitrogen and oxygen atoms in total. The number of rotatable bonds is 4. The third kappa shape index (κ3) is 3.22.